The fourth-order valence-electron chi connectivity index (χ4n) is 4.55. The number of likely N-dealkylation sites (tertiary alicyclic amines) is 1. The van der Waals surface area contributed by atoms with Crippen LogP contribution in [-0.2, 0) is 16.1 Å². The Balaban J connectivity index is 1.40. The highest BCUT2D eigenvalue weighted by Gasteiger charge is 2.40. The molecule has 38 heavy (non-hydrogen) atoms. The highest BCUT2D eigenvalue weighted by atomic mass is 19.1. The summed E-state index contributed by atoms with van der Waals surface area (Å²) in [7, 11) is 0. The van der Waals surface area contributed by atoms with Gasteiger partial charge in [0.05, 0.1) is 35.8 Å². The monoisotopic (exact) mass is 518 g/mol. The second-order valence-corrected chi connectivity index (χ2v) is 8.92. The second-order valence-electron chi connectivity index (χ2n) is 8.92. The van der Waals surface area contributed by atoms with Gasteiger partial charge in [-0.2, -0.15) is 15.3 Å². The van der Waals surface area contributed by atoms with Crippen LogP contribution in [0.1, 0.15) is 22.6 Å². The second kappa shape index (κ2) is 9.84. The minimum atomic E-state index is -1.39. The van der Waals surface area contributed by atoms with Crippen molar-refractivity contribution in [1.82, 2.24) is 29.9 Å². The van der Waals surface area contributed by atoms with E-state index < -0.39 is 29.9 Å². The van der Waals surface area contributed by atoms with E-state index in [4.69, 9.17) is 5.73 Å². The molecule has 2 atom stereocenters. The summed E-state index contributed by atoms with van der Waals surface area (Å²) < 4.78 is 15.7. The van der Waals surface area contributed by atoms with Gasteiger partial charge in [0.2, 0.25) is 17.7 Å². The first kappa shape index (κ1) is 24.7. The number of carbonyl (C=O) groups is 3. The summed E-state index contributed by atoms with van der Waals surface area (Å²) in [6.45, 7) is 1.00. The van der Waals surface area contributed by atoms with Gasteiger partial charge in [0.1, 0.15) is 18.8 Å². The first-order valence-electron chi connectivity index (χ1n) is 11.7. The maximum atomic E-state index is 14.4. The van der Waals surface area contributed by atoms with Crippen molar-refractivity contribution >= 4 is 34.3 Å². The van der Waals surface area contributed by atoms with E-state index in [2.05, 4.69) is 25.6 Å². The first-order valence-corrected chi connectivity index (χ1v) is 11.7. The number of aryl methyl sites for hydroxylation is 1. The first-order chi connectivity index (χ1) is 18.2. The Kier molecular flexibility index (Phi) is 6.41. The van der Waals surface area contributed by atoms with Gasteiger partial charge in [-0.05, 0) is 36.8 Å². The lowest BCUT2D eigenvalue weighted by atomic mass is 10.0. The number of alkyl halides is 1. The topological polar surface area (TPSA) is 169 Å². The van der Waals surface area contributed by atoms with Crippen LogP contribution in [0.3, 0.4) is 0 Å². The Morgan fingerprint density at radius 1 is 1.16 bits per heavy atom. The highest BCUT2D eigenvalue weighted by Crippen LogP contribution is 2.28. The molecule has 0 bridgehead atoms. The summed E-state index contributed by atoms with van der Waals surface area (Å²) in [6.07, 6.45) is 1.55. The van der Waals surface area contributed by atoms with Gasteiger partial charge in [-0.1, -0.05) is 6.07 Å². The van der Waals surface area contributed by atoms with Crippen molar-refractivity contribution < 1.29 is 23.9 Å². The standard InChI is InChI=1S/C25H23FN8O4/c1-13-18(3-5-21(35)30-13)31-25(38)20-9-16(26)11-33(20)22(36)12-34-19-4-2-14(15-6-7-28-29-10-15)8-17(19)23(32-34)24(27)37/h2-8,10,16,20H,9,11-12H2,1H3,(H2,27,37)(H,30,35)(H,31,38). The number of aromatic nitrogens is 5. The zero-order chi connectivity index (χ0) is 27.0. The molecule has 0 radical (unpaired) electrons. The van der Waals surface area contributed by atoms with Crippen molar-refractivity contribution in [2.75, 3.05) is 11.9 Å². The number of primary amides is 1. The van der Waals surface area contributed by atoms with Gasteiger partial charge in [-0.3, -0.25) is 19.1 Å². The fourth-order valence-corrected chi connectivity index (χ4v) is 4.55. The van der Waals surface area contributed by atoms with Crippen molar-refractivity contribution in [2.24, 2.45) is 5.73 Å². The van der Waals surface area contributed by atoms with Gasteiger partial charge < -0.3 is 21.1 Å². The number of carbonyl (C=O) groups excluding carboxylic acids is 3. The molecule has 2 unspecified atom stereocenters. The molecule has 1 fully saturated rings. The van der Waals surface area contributed by atoms with E-state index in [1.54, 1.807) is 37.4 Å². The number of nitrogens with zero attached hydrogens (tertiary/aromatic N) is 6. The fraction of sp³-hybridized carbons (Fsp3) is 0.240. The molecule has 4 heterocycles. The number of fused-ring (bicyclic) bond motifs is 1. The number of nitrogens with two attached hydrogens (primary N) is 1. The third-order valence-electron chi connectivity index (χ3n) is 6.39. The van der Waals surface area contributed by atoms with Crippen molar-refractivity contribution in [3.63, 3.8) is 0 Å². The number of rotatable bonds is 6. The zero-order valence-electron chi connectivity index (χ0n) is 20.2. The van der Waals surface area contributed by atoms with E-state index >= 15 is 0 Å². The van der Waals surface area contributed by atoms with E-state index in [0.717, 1.165) is 16.0 Å². The van der Waals surface area contributed by atoms with Crippen LogP contribution in [0, 0.1) is 6.92 Å². The van der Waals surface area contributed by atoms with Crippen LogP contribution < -0.4 is 11.1 Å². The number of halogens is 1. The molecule has 1 aromatic carbocycles. The van der Waals surface area contributed by atoms with Gasteiger partial charge in [0.25, 0.3) is 5.91 Å². The summed E-state index contributed by atoms with van der Waals surface area (Å²) in [5.74, 6) is -2.10. The average molecular weight is 519 g/mol. The van der Waals surface area contributed by atoms with Crippen molar-refractivity contribution in [3.05, 3.63) is 60.2 Å². The molecule has 12 nitrogen and oxygen atoms in total. The molecular weight excluding hydrogens is 495 g/mol. The van der Waals surface area contributed by atoms with E-state index in [0.29, 0.717) is 22.3 Å². The molecule has 0 saturated carbocycles. The maximum Gasteiger partial charge on any atom is 0.269 e. The maximum absolute atomic E-state index is 14.4. The van der Waals surface area contributed by atoms with Crippen LogP contribution in [-0.4, -0.2) is 71.4 Å². The predicted molar refractivity (Wildman–Crippen MR) is 134 cm³/mol. The molecule has 1 aliphatic rings. The minimum Gasteiger partial charge on any atom is -0.493 e. The Labute approximate surface area is 215 Å². The third-order valence-corrected chi connectivity index (χ3v) is 6.39. The van der Waals surface area contributed by atoms with Gasteiger partial charge in [0, 0.05) is 23.4 Å². The number of pyridine rings is 1. The third kappa shape index (κ3) is 4.73. The van der Waals surface area contributed by atoms with E-state index in [9.17, 15) is 23.9 Å². The summed E-state index contributed by atoms with van der Waals surface area (Å²) in [6, 6.07) is 8.68. The van der Waals surface area contributed by atoms with Crippen molar-refractivity contribution in [2.45, 2.75) is 32.1 Å². The molecule has 0 spiro atoms. The normalized spacial score (nSPS) is 17.1. The molecular formula is C25H23FN8O4. The van der Waals surface area contributed by atoms with E-state index in [-0.39, 0.29) is 31.1 Å². The summed E-state index contributed by atoms with van der Waals surface area (Å²) >= 11 is 0. The number of amides is 3. The Bertz CT molecular complexity index is 1560. The number of hydrogen-bond donors (Lipinski definition) is 3. The molecule has 3 aromatic heterocycles. The van der Waals surface area contributed by atoms with Gasteiger partial charge in [-0.15, -0.1) is 0 Å². The molecule has 1 aliphatic heterocycles. The van der Waals surface area contributed by atoms with Gasteiger partial charge in [0.15, 0.2) is 5.69 Å². The Hall–Kier alpha value is -4.94. The van der Waals surface area contributed by atoms with Crippen LogP contribution >= 0.6 is 0 Å². The van der Waals surface area contributed by atoms with Crippen LogP contribution in [0.15, 0.2) is 48.8 Å². The average Bonchev–Trinajstić information content (AvgIpc) is 3.47. The largest absolute Gasteiger partial charge is 0.493 e. The minimum absolute atomic E-state index is 0.0222. The number of hydrogen-bond acceptors (Lipinski definition) is 8. The molecule has 4 N–H and O–H groups in total. The van der Waals surface area contributed by atoms with Crippen LogP contribution in [0.4, 0.5) is 10.1 Å². The lowest BCUT2D eigenvalue weighted by Crippen LogP contribution is -2.44. The summed E-state index contributed by atoms with van der Waals surface area (Å²) in [4.78, 5) is 43.5. The smallest absolute Gasteiger partial charge is 0.269 e. The van der Waals surface area contributed by atoms with Crippen LogP contribution in [0.25, 0.3) is 22.0 Å². The van der Waals surface area contributed by atoms with Crippen molar-refractivity contribution in [3.8, 4) is 17.0 Å². The lowest BCUT2D eigenvalue weighted by Gasteiger charge is -2.24. The molecule has 5 rings (SSSR count). The predicted octanol–water partition coefficient (Wildman–Crippen LogP) is 1.58. The van der Waals surface area contributed by atoms with Gasteiger partial charge >= 0.3 is 0 Å². The van der Waals surface area contributed by atoms with Crippen LogP contribution in [0.5, 0.6) is 5.88 Å². The van der Waals surface area contributed by atoms with Crippen LogP contribution in [0.2, 0.25) is 0 Å². The SMILES string of the molecule is Cc1nc(O)ccc1NC(=O)C1CC(F)CN1C(=O)Cn1nc(C(N)=O)c2cc(-c3ccnnc3)ccc21. The summed E-state index contributed by atoms with van der Waals surface area (Å²) in [5.41, 5.74) is 8.23. The lowest BCUT2D eigenvalue weighted by molar-refractivity contribution is -0.137. The number of benzene rings is 1. The van der Waals surface area contributed by atoms with Gasteiger partial charge in [-0.25, -0.2) is 9.37 Å². The molecule has 3 amide bonds. The summed E-state index contributed by atoms with van der Waals surface area (Å²) in [5, 5.41) is 24.4. The number of nitrogens with one attached hydrogen (secondary N) is 1. The zero-order valence-corrected chi connectivity index (χ0v) is 20.2. The number of anilines is 1. The van der Waals surface area contributed by atoms with E-state index in [1.807, 2.05) is 0 Å². The Morgan fingerprint density at radius 3 is 2.68 bits per heavy atom. The molecule has 4 aromatic rings. The van der Waals surface area contributed by atoms with E-state index in [1.165, 1.54) is 23.0 Å². The molecule has 0 aliphatic carbocycles. The molecule has 13 heteroatoms. The number of aromatic hydroxyl groups is 1. The van der Waals surface area contributed by atoms with Crippen molar-refractivity contribution in [1.29, 1.82) is 0 Å². The molecule has 1 saturated heterocycles. The Morgan fingerprint density at radius 2 is 1.97 bits per heavy atom. The molecule has 194 valence electrons. The highest BCUT2D eigenvalue weighted by molar-refractivity contribution is 6.05. The quantitative estimate of drug-likeness (QED) is 0.345.